The van der Waals surface area contributed by atoms with Gasteiger partial charge in [-0.05, 0) is 11.5 Å². The Bertz CT molecular complexity index is 423. The van der Waals surface area contributed by atoms with Gasteiger partial charge in [0.05, 0.1) is 6.20 Å². The number of aromatic nitrogens is 4. The highest BCUT2D eigenvalue weighted by Crippen LogP contribution is 2.25. The van der Waals surface area contributed by atoms with Crippen LogP contribution in [0.15, 0.2) is 6.20 Å². The molecular weight excluding hydrogens is 242 g/mol. The molecule has 0 aliphatic carbocycles. The van der Waals surface area contributed by atoms with Gasteiger partial charge in [-0.15, -0.1) is 15.3 Å². The van der Waals surface area contributed by atoms with Gasteiger partial charge in [0.1, 0.15) is 9.88 Å². The van der Waals surface area contributed by atoms with Gasteiger partial charge in [-0.2, -0.15) is 0 Å². The largest absolute Gasteiger partial charge is 0.314 e. The molecule has 0 bridgehead atoms. The highest BCUT2D eigenvalue weighted by atomic mass is 32.1. The van der Waals surface area contributed by atoms with E-state index < -0.39 is 0 Å². The summed E-state index contributed by atoms with van der Waals surface area (Å²) in [5.74, 6) is 0. The van der Waals surface area contributed by atoms with E-state index >= 15 is 0 Å². The van der Waals surface area contributed by atoms with Crippen molar-refractivity contribution in [2.24, 2.45) is 0 Å². The minimum Gasteiger partial charge on any atom is -0.314 e. The van der Waals surface area contributed by atoms with Crippen LogP contribution in [0.25, 0.3) is 9.88 Å². The first-order valence-corrected chi connectivity index (χ1v) is 6.68. The van der Waals surface area contributed by atoms with Gasteiger partial charge in [0, 0.05) is 19.0 Å². The van der Waals surface area contributed by atoms with Crippen molar-refractivity contribution < 1.29 is 0 Å². The highest BCUT2D eigenvalue weighted by Gasteiger charge is 2.08. The standard InChI is InChI=1S/C9H13N5S2/c1-6(2)10-4-3-8-12-13-9(15-8)7-5-11-14-16-7/h5-6,10H,3-4H2,1-2H3. The van der Waals surface area contributed by atoms with E-state index in [-0.39, 0.29) is 0 Å². The number of nitrogens with zero attached hydrogens (tertiary/aromatic N) is 4. The zero-order chi connectivity index (χ0) is 11.4. The first kappa shape index (κ1) is 11.6. The number of hydrogen-bond donors (Lipinski definition) is 1. The molecule has 0 aliphatic rings. The molecule has 0 atom stereocenters. The number of hydrogen-bond acceptors (Lipinski definition) is 7. The summed E-state index contributed by atoms with van der Waals surface area (Å²) in [6.07, 6.45) is 2.64. The van der Waals surface area contributed by atoms with Crippen molar-refractivity contribution in [3.8, 4) is 9.88 Å². The van der Waals surface area contributed by atoms with Gasteiger partial charge in [-0.1, -0.05) is 29.7 Å². The molecule has 86 valence electrons. The molecular formula is C9H13N5S2. The summed E-state index contributed by atoms with van der Waals surface area (Å²) in [6.45, 7) is 5.20. The van der Waals surface area contributed by atoms with Crippen molar-refractivity contribution in [1.82, 2.24) is 25.1 Å². The first-order chi connectivity index (χ1) is 7.75. The van der Waals surface area contributed by atoms with Crippen molar-refractivity contribution in [1.29, 1.82) is 0 Å². The smallest absolute Gasteiger partial charge is 0.161 e. The molecule has 16 heavy (non-hydrogen) atoms. The second-order valence-corrected chi connectivity index (χ2v) is 5.49. The summed E-state index contributed by atoms with van der Waals surface area (Å²) in [7, 11) is 0. The topological polar surface area (TPSA) is 63.6 Å². The Morgan fingerprint density at radius 3 is 2.94 bits per heavy atom. The molecule has 2 aromatic rings. The summed E-state index contributed by atoms with van der Waals surface area (Å²) < 4.78 is 3.81. The monoisotopic (exact) mass is 255 g/mol. The third-order valence-electron chi connectivity index (χ3n) is 1.93. The predicted octanol–water partition coefficient (Wildman–Crippen LogP) is 1.60. The van der Waals surface area contributed by atoms with E-state index in [1.165, 1.54) is 11.5 Å². The molecule has 0 fully saturated rings. The molecule has 2 aromatic heterocycles. The lowest BCUT2D eigenvalue weighted by atomic mass is 10.3. The normalized spacial score (nSPS) is 11.2. The Balaban J connectivity index is 1.93. The van der Waals surface area contributed by atoms with Gasteiger partial charge in [0.25, 0.3) is 0 Å². The lowest BCUT2D eigenvalue weighted by Gasteiger charge is -2.04. The van der Waals surface area contributed by atoms with Crippen LogP contribution in [0.5, 0.6) is 0 Å². The molecule has 2 heterocycles. The van der Waals surface area contributed by atoms with Crippen LogP contribution in [0.4, 0.5) is 0 Å². The van der Waals surface area contributed by atoms with E-state index in [2.05, 4.69) is 38.9 Å². The SMILES string of the molecule is CC(C)NCCc1nnc(-c2cnns2)s1. The molecule has 0 saturated heterocycles. The van der Waals surface area contributed by atoms with Crippen LogP contribution in [0.1, 0.15) is 18.9 Å². The van der Waals surface area contributed by atoms with E-state index in [4.69, 9.17) is 0 Å². The second kappa shape index (κ2) is 5.42. The average molecular weight is 255 g/mol. The van der Waals surface area contributed by atoms with Gasteiger partial charge >= 0.3 is 0 Å². The van der Waals surface area contributed by atoms with E-state index in [1.807, 2.05) is 0 Å². The molecule has 2 rings (SSSR count). The molecule has 0 aromatic carbocycles. The molecule has 0 aliphatic heterocycles. The molecule has 0 amide bonds. The molecule has 0 saturated carbocycles. The predicted molar refractivity (Wildman–Crippen MR) is 65.7 cm³/mol. The zero-order valence-corrected chi connectivity index (χ0v) is 10.8. The summed E-state index contributed by atoms with van der Waals surface area (Å²) >= 11 is 2.96. The Labute approximate surface area is 102 Å². The van der Waals surface area contributed by atoms with Crippen molar-refractivity contribution in [2.45, 2.75) is 26.3 Å². The summed E-state index contributed by atoms with van der Waals surface area (Å²) in [5, 5.41) is 17.4. The van der Waals surface area contributed by atoms with Gasteiger partial charge in [0.2, 0.25) is 0 Å². The van der Waals surface area contributed by atoms with E-state index in [1.54, 1.807) is 17.5 Å². The Morgan fingerprint density at radius 2 is 2.25 bits per heavy atom. The van der Waals surface area contributed by atoms with Crippen molar-refractivity contribution in [3.63, 3.8) is 0 Å². The van der Waals surface area contributed by atoms with Gasteiger partial charge in [-0.3, -0.25) is 0 Å². The first-order valence-electron chi connectivity index (χ1n) is 5.09. The fraction of sp³-hybridized carbons (Fsp3) is 0.556. The third kappa shape index (κ3) is 3.03. The third-order valence-corrected chi connectivity index (χ3v) is 3.75. The molecule has 0 unspecified atom stereocenters. The van der Waals surface area contributed by atoms with Crippen molar-refractivity contribution in [2.75, 3.05) is 6.54 Å². The van der Waals surface area contributed by atoms with Crippen LogP contribution in [0.2, 0.25) is 0 Å². The molecule has 0 radical (unpaired) electrons. The molecule has 0 spiro atoms. The maximum Gasteiger partial charge on any atom is 0.161 e. The molecule has 7 heteroatoms. The van der Waals surface area contributed by atoms with Gasteiger partial charge in [-0.25, -0.2) is 0 Å². The van der Waals surface area contributed by atoms with Crippen molar-refractivity contribution in [3.05, 3.63) is 11.2 Å². The van der Waals surface area contributed by atoms with Crippen LogP contribution in [0.3, 0.4) is 0 Å². The van der Waals surface area contributed by atoms with E-state index in [9.17, 15) is 0 Å². The van der Waals surface area contributed by atoms with E-state index in [0.29, 0.717) is 6.04 Å². The second-order valence-electron chi connectivity index (χ2n) is 3.64. The van der Waals surface area contributed by atoms with Crippen molar-refractivity contribution >= 4 is 22.9 Å². The van der Waals surface area contributed by atoms with Gasteiger partial charge in [0.15, 0.2) is 5.01 Å². The summed E-state index contributed by atoms with van der Waals surface area (Å²) in [4.78, 5) is 0.987. The minimum atomic E-state index is 0.512. The van der Waals surface area contributed by atoms with Crippen LogP contribution >= 0.6 is 22.9 Å². The minimum absolute atomic E-state index is 0.512. The summed E-state index contributed by atoms with van der Waals surface area (Å²) in [5.41, 5.74) is 0. The Hall–Kier alpha value is -0.920. The van der Waals surface area contributed by atoms with Crippen LogP contribution in [-0.2, 0) is 6.42 Å². The Morgan fingerprint density at radius 1 is 1.38 bits per heavy atom. The van der Waals surface area contributed by atoms with Gasteiger partial charge < -0.3 is 5.32 Å². The molecule has 5 nitrogen and oxygen atoms in total. The zero-order valence-electron chi connectivity index (χ0n) is 9.17. The number of nitrogens with one attached hydrogen (secondary N) is 1. The van der Waals surface area contributed by atoms with Crippen LogP contribution in [0, 0.1) is 0 Å². The Kier molecular flexibility index (Phi) is 3.92. The maximum atomic E-state index is 4.15. The van der Waals surface area contributed by atoms with Crippen LogP contribution < -0.4 is 5.32 Å². The maximum absolute atomic E-state index is 4.15. The van der Waals surface area contributed by atoms with E-state index in [0.717, 1.165) is 27.9 Å². The quantitative estimate of drug-likeness (QED) is 0.879. The summed E-state index contributed by atoms with van der Waals surface area (Å²) in [6, 6.07) is 0.512. The fourth-order valence-electron chi connectivity index (χ4n) is 1.18. The fourth-order valence-corrected chi connectivity index (χ4v) is 2.56. The van der Waals surface area contributed by atoms with Crippen LogP contribution in [-0.4, -0.2) is 32.4 Å². The number of rotatable bonds is 5. The highest BCUT2D eigenvalue weighted by molar-refractivity contribution is 7.19. The average Bonchev–Trinajstić information content (AvgIpc) is 2.85. The lowest BCUT2D eigenvalue weighted by molar-refractivity contribution is 0.588. The lowest BCUT2D eigenvalue weighted by Crippen LogP contribution is -2.24. The molecule has 1 N–H and O–H groups in total.